The molecule has 0 aliphatic heterocycles. The van der Waals surface area contributed by atoms with E-state index in [0.717, 1.165) is 5.56 Å². The Labute approximate surface area is 109 Å². The van der Waals surface area contributed by atoms with Crippen molar-refractivity contribution < 1.29 is 9.53 Å². The van der Waals surface area contributed by atoms with Crippen molar-refractivity contribution in [3.8, 4) is 5.88 Å². The summed E-state index contributed by atoms with van der Waals surface area (Å²) in [6, 6.07) is 3.57. The molecule has 19 heavy (non-hydrogen) atoms. The van der Waals surface area contributed by atoms with Gasteiger partial charge in [-0.3, -0.25) is 4.79 Å². The van der Waals surface area contributed by atoms with Crippen molar-refractivity contribution in [2.24, 2.45) is 0 Å². The monoisotopic (exact) mass is 262 g/mol. The highest BCUT2D eigenvalue weighted by molar-refractivity contribution is 5.75. The second-order valence-corrected chi connectivity index (χ2v) is 3.79. The van der Waals surface area contributed by atoms with E-state index in [2.05, 4.69) is 20.4 Å². The van der Waals surface area contributed by atoms with Crippen LogP contribution in [0.3, 0.4) is 0 Å². The van der Waals surface area contributed by atoms with E-state index in [1.54, 1.807) is 19.4 Å². The SMILES string of the molecule is COc1ccc(CNC(=O)Cn2cnc(N)n2)cn1. The third-order valence-electron chi connectivity index (χ3n) is 2.36. The van der Waals surface area contributed by atoms with E-state index in [0.29, 0.717) is 12.4 Å². The van der Waals surface area contributed by atoms with Crippen LogP contribution in [-0.2, 0) is 17.9 Å². The number of hydrogen-bond acceptors (Lipinski definition) is 6. The quantitative estimate of drug-likeness (QED) is 0.757. The van der Waals surface area contributed by atoms with Crippen LogP contribution in [0.5, 0.6) is 5.88 Å². The minimum Gasteiger partial charge on any atom is -0.481 e. The topological polar surface area (TPSA) is 108 Å². The first kappa shape index (κ1) is 12.8. The van der Waals surface area contributed by atoms with Gasteiger partial charge in [-0.2, -0.15) is 0 Å². The lowest BCUT2D eigenvalue weighted by atomic mass is 10.3. The number of hydrogen-bond donors (Lipinski definition) is 2. The molecule has 0 fully saturated rings. The number of nitrogen functional groups attached to an aromatic ring is 1. The first-order chi connectivity index (χ1) is 9.17. The van der Waals surface area contributed by atoms with E-state index in [9.17, 15) is 4.79 Å². The summed E-state index contributed by atoms with van der Waals surface area (Å²) in [4.78, 5) is 19.4. The Balaban J connectivity index is 1.82. The molecule has 0 spiro atoms. The lowest BCUT2D eigenvalue weighted by Gasteiger charge is -2.05. The van der Waals surface area contributed by atoms with Crippen LogP contribution in [0.1, 0.15) is 5.56 Å². The number of carbonyl (C=O) groups excluding carboxylic acids is 1. The molecular weight excluding hydrogens is 248 g/mol. The number of nitrogens with two attached hydrogens (primary N) is 1. The Hall–Kier alpha value is -2.64. The van der Waals surface area contributed by atoms with Crippen LogP contribution in [0.2, 0.25) is 0 Å². The fourth-order valence-corrected chi connectivity index (χ4v) is 1.43. The highest BCUT2D eigenvalue weighted by Crippen LogP contribution is 2.06. The van der Waals surface area contributed by atoms with Gasteiger partial charge in [-0.25, -0.2) is 14.6 Å². The van der Waals surface area contributed by atoms with Crippen molar-refractivity contribution >= 4 is 11.9 Å². The van der Waals surface area contributed by atoms with Crippen LogP contribution in [0.15, 0.2) is 24.7 Å². The molecule has 8 heteroatoms. The van der Waals surface area contributed by atoms with Gasteiger partial charge in [-0.15, -0.1) is 5.10 Å². The predicted octanol–water partition coefficient (Wildman–Crippen LogP) is -0.420. The van der Waals surface area contributed by atoms with Crippen molar-refractivity contribution in [2.45, 2.75) is 13.1 Å². The standard InChI is InChI=1S/C11H14N6O2/c1-19-10-3-2-8(5-14-10)4-13-9(18)6-17-7-15-11(12)16-17/h2-3,5,7H,4,6H2,1H3,(H2,12,16)(H,13,18). The molecule has 2 heterocycles. The maximum Gasteiger partial charge on any atom is 0.242 e. The Morgan fingerprint density at radius 2 is 2.32 bits per heavy atom. The zero-order valence-corrected chi connectivity index (χ0v) is 10.4. The summed E-state index contributed by atoms with van der Waals surface area (Å²) in [7, 11) is 1.55. The first-order valence-corrected chi connectivity index (χ1v) is 5.58. The van der Waals surface area contributed by atoms with Gasteiger partial charge in [-0.05, 0) is 5.56 Å². The second kappa shape index (κ2) is 5.80. The largest absolute Gasteiger partial charge is 0.481 e. The van der Waals surface area contributed by atoms with Gasteiger partial charge in [0.2, 0.25) is 17.7 Å². The molecule has 8 nitrogen and oxygen atoms in total. The second-order valence-electron chi connectivity index (χ2n) is 3.79. The number of ether oxygens (including phenoxy) is 1. The molecular formula is C11H14N6O2. The number of carbonyl (C=O) groups is 1. The smallest absolute Gasteiger partial charge is 0.242 e. The molecule has 0 saturated carbocycles. The summed E-state index contributed by atoms with van der Waals surface area (Å²) in [6.07, 6.45) is 3.05. The van der Waals surface area contributed by atoms with Gasteiger partial charge in [0.15, 0.2) is 0 Å². The summed E-state index contributed by atoms with van der Waals surface area (Å²) in [5.41, 5.74) is 6.23. The molecule has 100 valence electrons. The molecule has 2 rings (SSSR count). The van der Waals surface area contributed by atoms with Crippen LogP contribution in [0, 0.1) is 0 Å². The Morgan fingerprint density at radius 1 is 1.47 bits per heavy atom. The highest BCUT2D eigenvalue weighted by Gasteiger charge is 2.04. The number of rotatable bonds is 5. The number of amides is 1. The number of nitrogens with zero attached hydrogens (tertiary/aromatic N) is 4. The van der Waals surface area contributed by atoms with Crippen molar-refractivity contribution in [3.63, 3.8) is 0 Å². The molecule has 2 aromatic rings. The van der Waals surface area contributed by atoms with Crippen LogP contribution in [0.4, 0.5) is 5.95 Å². The van der Waals surface area contributed by atoms with E-state index >= 15 is 0 Å². The maximum atomic E-state index is 11.6. The molecule has 0 saturated heterocycles. The van der Waals surface area contributed by atoms with Crippen LogP contribution >= 0.6 is 0 Å². The van der Waals surface area contributed by atoms with E-state index in [1.807, 2.05) is 6.07 Å². The zero-order valence-electron chi connectivity index (χ0n) is 10.4. The van der Waals surface area contributed by atoms with Gasteiger partial charge in [0.25, 0.3) is 0 Å². The number of aromatic nitrogens is 4. The number of methoxy groups -OCH3 is 1. The van der Waals surface area contributed by atoms with E-state index in [1.165, 1.54) is 11.0 Å². The Bertz CT molecular complexity index is 551. The third kappa shape index (κ3) is 3.66. The van der Waals surface area contributed by atoms with Gasteiger partial charge in [0, 0.05) is 18.8 Å². The molecule has 2 aromatic heterocycles. The molecule has 0 aliphatic rings. The van der Waals surface area contributed by atoms with Crippen LogP contribution < -0.4 is 15.8 Å². The average Bonchev–Trinajstić information content (AvgIpc) is 2.82. The Kier molecular flexibility index (Phi) is 3.91. The lowest BCUT2D eigenvalue weighted by Crippen LogP contribution is -2.27. The van der Waals surface area contributed by atoms with Gasteiger partial charge < -0.3 is 15.8 Å². The lowest BCUT2D eigenvalue weighted by molar-refractivity contribution is -0.122. The Morgan fingerprint density at radius 3 is 2.89 bits per heavy atom. The number of anilines is 1. The summed E-state index contributed by atoms with van der Waals surface area (Å²) in [6.45, 7) is 0.466. The molecule has 0 aliphatic carbocycles. The van der Waals surface area contributed by atoms with E-state index in [4.69, 9.17) is 10.5 Å². The molecule has 0 aromatic carbocycles. The van der Waals surface area contributed by atoms with Gasteiger partial charge in [0.1, 0.15) is 12.9 Å². The normalized spacial score (nSPS) is 10.2. The fourth-order valence-electron chi connectivity index (χ4n) is 1.43. The number of nitrogens with one attached hydrogen (secondary N) is 1. The first-order valence-electron chi connectivity index (χ1n) is 5.58. The van der Waals surface area contributed by atoms with Gasteiger partial charge >= 0.3 is 0 Å². The molecule has 0 radical (unpaired) electrons. The summed E-state index contributed by atoms with van der Waals surface area (Å²) < 4.78 is 6.32. The van der Waals surface area contributed by atoms with E-state index in [-0.39, 0.29) is 18.4 Å². The number of pyridine rings is 1. The molecule has 3 N–H and O–H groups in total. The summed E-state index contributed by atoms with van der Waals surface area (Å²) in [5, 5.41) is 6.57. The third-order valence-corrected chi connectivity index (χ3v) is 2.36. The zero-order chi connectivity index (χ0) is 13.7. The molecule has 0 bridgehead atoms. The summed E-state index contributed by atoms with van der Waals surface area (Å²) in [5.74, 6) is 0.501. The maximum absolute atomic E-state index is 11.6. The highest BCUT2D eigenvalue weighted by atomic mass is 16.5. The summed E-state index contributed by atoms with van der Waals surface area (Å²) >= 11 is 0. The minimum atomic E-state index is -0.180. The van der Waals surface area contributed by atoms with Crippen molar-refractivity contribution in [2.75, 3.05) is 12.8 Å². The van der Waals surface area contributed by atoms with Gasteiger partial charge in [-0.1, -0.05) is 6.07 Å². The van der Waals surface area contributed by atoms with E-state index < -0.39 is 0 Å². The van der Waals surface area contributed by atoms with Crippen molar-refractivity contribution in [1.82, 2.24) is 25.1 Å². The molecule has 1 amide bonds. The average molecular weight is 262 g/mol. The van der Waals surface area contributed by atoms with Crippen molar-refractivity contribution in [1.29, 1.82) is 0 Å². The molecule has 0 atom stereocenters. The molecule has 0 unspecified atom stereocenters. The van der Waals surface area contributed by atoms with Crippen molar-refractivity contribution in [3.05, 3.63) is 30.2 Å². The fraction of sp³-hybridized carbons (Fsp3) is 0.273. The minimum absolute atomic E-state index is 0.0772. The predicted molar refractivity (Wildman–Crippen MR) is 67.1 cm³/mol. The van der Waals surface area contributed by atoms with Crippen LogP contribution in [0.25, 0.3) is 0 Å². The van der Waals surface area contributed by atoms with Gasteiger partial charge in [0.05, 0.1) is 7.11 Å². The van der Waals surface area contributed by atoms with Crippen LogP contribution in [-0.4, -0.2) is 32.8 Å².